The minimum absolute atomic E-state index is 0.00677. The Hall–Kier alpha value is -2.05. The number of carbonyl (C=O) groups excluding carboxylic acids is 2. The maximum atomic E-state index is 13.3. The molecule has 7 heteroatoms. The average Bonchev–Trinajstić information content (AvgIpc) is 3.47. The largest absolute Gasteiger partial charge is 0.491 e. The Morgan fingerprint density at radius 1 is 1.23 bits per heavy atom. The number of hydrogen-bond acceptors (Lipinski definition) is 4. The van der Waals surface area contributed by atoms with Gasteiger partial charge in [0.1, 0.15) is 18.9 Å². The highest BCUT2D eigenvalue weighted by atomic mass is 35.5. The van der Waals surface area contributed by atoms with Crippen molar-refractivity contribution in [3.63, 3.8) is 0 Å². The van der Waals surface area contributed by atoms with Gasteiger partial charge in [0.2, 0.25) is 11.8 Å². The maximum Gasteiger partial charge on any atom is 0.242 e. The predicted octanol–water partition coefficient (Wildman–Crippen LogP) is 4.55. The first-order valence-corrected chi connectivity index (χ1v) is 11.7. The summed E-state index contributed by atoms with van der Waals surface area (Å²) in [5.41, 5.74) is 1.15. The van der Waals surface area contributed by atoms with Gasteiger partial charge in [-0.05, 0) is 74.4 Å². The Balaban J connectivity index is 1.50. The summed E-state index contributed by atoms with van der Waals surface area (Å²) in [7, 11) is 0. The molecule has 30 heavy (non-hydrogen) atoms. The van der Waals surface area contributed by atoms with E-state index in [9.17, 15) is 9.59 Å². The summed E-state index contributed by atoms with van der Waals surface area (Å²) in [6, 6.07) is 9.19. The van der Waals surface area contributed by atoms with Crippen LogP contribution in [-0.4, -0.2) is 47.4 Å². The lowest BCUT2D eigenvalue weighted by atomic mass is 10.00. The van der Waals surface area contributed by atoms with Crippen molar-refractivity contribution in [2.24, 2.45) is 5.92 Å². The average molecular weight is 447 g/mol. The molecule has 2 aromatic rings. The number of amides is 2. The molecule has 1 aromatic carbocycles. The van der Waals surface area contributed by atoms with E-state index < -0.39 is 0 Å². The number of benzene rings is 1. The fourth-order valence-corrected chi connectivity index (χ4v) is 4.95. The molecule has 1 atom stereocenters. The summed E-state index contributed by atoms with van der Waals surface area (Å²) in [5, 5.41) is 2.73. The van der Waals surface area contributed by atoms with Gasteiger partial charge in [-0.3, -0.25) is 9.59 Å². The van der Waals surface area contributed by atoms with E-state index in [1.165, 1.54) is 4.88 Å². The molecule has 160 valence electrons. The smallest absolute Gasteiger partial charge is 0.242 e. The third-order valence-electron chi connectivity index (χ3n) is 5.78. The van der Waals surface area contributed by atoms with E-state index in [4.69, 9.17) is 16.3 Å². The molecular weight excluding hydrogens is 420 g/mol. The Labute approximate surface area is 186 Å². The minimum Gasteiger partial charge on any atom is -0.491 e. The molecule has 0 spiro atoms. The van der Waals surface area contributed by atoms with Crippen LogP contribution in [0, 0.1) is 5.92 Å². The van der Waals surface area contributed by atoms with E-state index in [0.29, 0.717) is 18.2 Å². The summed E-state index contributed by atoms with van der Waals surface area (Å²) < 4.78 is 6.03. The van der Waals surface area contributed by atoms with E-state index >= 15 is 0 Å². The molecule has 1 aliphatic carbocycles. The Bertz CT molecular complexity index is 907. The van der Waals surface area contributed by atoms with Crippen molar-refractivity contribution in [2.75, 3.05) is 19.7 Å². The molecule has 1 aliphatic heterocycles. The van der Waals surface area contributed by atoms with Crippen LogP contribution < -0.4 is 4.74 Å². The van der Waals surface area contributed by atoms with Gasteiger partial charge in [0.05, 0.1) is 6.04 Å². The quantitative estimate of drug-likeness (QED) is 0.626. The van der Waals surface area contributed by atoms with Crippen LogP contribution in [-0.2, 0) is 16.0 Å². The first-order valence-electron chi connectivity index (χ1n) is 10.5. The van der Waals surface area contributed by atoms with Gasteiger partial charge >= 0.3 is 0 Å². The number of ether oxygens (including phenoxy) is 1. The van der Waals surface area contributed by atoms with E-state index in [-0.39, 0.29) is 36.4 Å². The van der Waals surface area contributed by atoms with Crippen molar-refractivity contribution >= 4 is 34.8 Å². The first kappa shape index (κ1) is 21.2. The summed E-state index contributed by atoms with van der Waals surface area (Å²) in [6.07, 6.45) is 2.72. The van der Waals surface area contributed by atoms with Crippen molar-refractivity contribution in [2.45, 2.75) is 45.2 Å². The standard InChI is InChI=1S/C23H27ClN2O3S/c1-15(2)26(23(28)16-3-4-16)13-22(27)25-11-9-21-19(10-12-30-21)20(25)14-29-18-7-5-17(24)6-8-18/h5-8,10,12,15-16,20H,3-4,9,11,13-14H2,1-2H3/t20-/m0/s1. The summed E-state index contributed by atoms with van der Waals surface area (Å²) >= 11 is 7.69. The van der Waals surface area contributed by atoms with E-state index in [2.05, 4.69) is 11.4 Å². The lowest BCUT2D eigenvalue weighted by Crippen LogP contribution is -2.49. The molecule has 2 aliphatic rings. The van der Waals surface area contributed by atoms with Gasteiger partial charge in [0.15, 0.2) is 0 Å². The predicted molar refractivity (Wildman–Crippen MR) is 119 cm³/mol. The van der Waals surface area contributed by atoms with Crippen molar-refractivity contribution in [3.05, 3.63) is 51.2 Å². The third-order valence-corrected chi connectivity index (χ3v) is 7.02. The van der Waals surface area contributed by atoms with Gasteiger partial charge in [0.25, 0.3) is 0 Å². The van der Waals surface area contributed by atoms with Gasteiger partial charge < -0.3 is 14.5 Å². The molecule has 0 bridgehead atoms. The number of rotatable bonds is 7. The Kier molecular flexibility index (Phi) is 6.34. The SMILES string of the molecule is CC(C)N(CC(=O)N1CCc2sccc2[C@@H]1COc1ccc(Cl)cc1)C(=O)C1CC1. The van der Waals surface area contributed by atoms with Crippen LogP contribution in [0.2, 0.25) is 5.02 Å². The van der Waals surface area contributed by atoms with Gasteiger partial charge in [-0.25, -0.2) is 0 Å². The molecule has 0 radical (unpaired) electrons. The zero-order valence-corrected chi connectivity index (χ0v) is 18.9. The van der Waals surface area contributed by atoms with Crippen LogP contribution in [0.5, 0.6) is 5.75 Å². The lowest BCUT2D eigenvalue weighted by Gasteiger charge is -2.37. The van der Waals surface area contributed by atoms with Crippen LogP contribution in [0.1, 0.15) is 43.2 Å². The first-order chi connectivity index (χ1) is 14.4. The van der Waals surface area contributed by atoms with Gasteiger partial charge in [-0.2, -0.15) is 0 Å². The second kappa shape index (κ2) is 8.98. The molecule has 0 N–H and O–H groups in total. The minimum atomic E-state index is -0.159. The van der Waals surface area contributed by atoms with E-state index in [0.717, 1.165) is 30.6 Å². The molecule has 1 fully saturated rings. The van der Waals surface area contributed by atoms with Crippen molar-refractivity contribution in [3.8, 4) is 5.75 Å². The molecule has 0 unspecified atom stereocenters. The number of fused-ring (bicyclic) bond motifs is 1. The molecule has 0 saturated heterocycles. The van der Waals surface area contributed by atoms with Crippen LogP contribution in [0.3, 0.4) is 0 Å². The number of halogens is 1. The second-order valence-electron chi connectivity index (χ2n) is 8.25. The molecule has 2 amide bonds. The third kappa shape index (κ3) is 4.65. The highest BCUT2D eigenvalue weighted by molar-refractivity contribution is 7.10. The monoisotopic (exact) mass is 446 g/mol. The molecule has 5 nitrogen and oxygen atoms in total. The molecule has 2 heterocycles. The fourth-order valence-electron chi connectivity index (χ4n) is 3.90. The lowest BCUT2D eigenvalue weighted by molar-refractivity contribution is -0.144. The number of carbonyl (C=O) groups is 2. The van der Waals surface area contributed by atoms with Crippen LogP contribution in [0.4, 0.5) is 0 Å². The number of nitrogens with zero attached hydrogens (tertiary/aromatic N) is 2. The summed E-state index contributed by atoms with van der Waals surface area (Å²) in [6.45, 7) is 5.09. The zero-order chi connectivity index (χ0) is 21.3. The number of thiophene rings is 1. The Morgan fingerprint density at radius 2 is 1.97 bits per heavy atom. The van der Waals surface area contributed by atoms with Gasteiger partial charge in [-0.1, -0.05) is 11.6 Å². The van der Waals surface area contributed by atoms with Crippen LogP contribution in [0.15, 0.2) is 35.7 Å². The van der Waals surface area contributed by atoms with Crippen molar-refractivity contribution in [1.29, 1.82) is 0 Å². The van der Waals surface area contributed by atoms with Gasteiger partial charge in [-0.15, -0.1) is 11.3 Å². The zero-order valence-electron chi connectivity index (χ0n) is 17.3. The molecule has 1 aromatic heterocycles. The summed E-state index contributed by atoms with van der Waals surface area (Å²) in [5.74, 6) is 0.927. The normalized spacial score (nSPS) is 18.3. The molecule has 4 rings (SSSR count). The topological polar surface area (TPSA) is 49.9 Å². The highest BCUT2D eigenvalue weighted by Crippen LogP contribution is 2.35. The van der Waals surface area contributed by atoms with Crippen LogP contribution in [0.25, 0.3) is 0 Å². The maximum absolute atomic E-state index is 13.3. The Morgan fingerprint density at radius 3 is 2.63 bits per heavy atom. The number of hydrogen-bond donors (Lipinski definition) is 0. The van der Waals surface area contributed by atoms with Crippen LogP contribution >= 0.6 is 22.9 Å². The van der Waals surface area contributed by atoms with E-state index in [1.54, 1.807) is 28.4 Å². The fraction of sp³-hybridized carbons (Fsp3) is 0.478. The second-order valence-corrected chi connectivity index (χ2v) is 9.69. The van der Waals surface area contributed by atoms with E-state index in [1.807, 2.05) is 30.9 Å². The molecular formula is C23H27ClN2O3S. The van der Waals surface area contributed by atoms with Gasteiger partial charge in [0, 0.05) is 28.4 Å². The van der Waals surface area contributed by atoms with Crippen molar-refractivity contribution < 1.29 is 14.3 Å². The van der Waals surface area contributed by atoms with Crippen molar-refractivity contribution in [1.82, 2.24) is 9.80 Å². The summed E-state index contributed by atoms with van der Waals surface area (Å²) in [4.78, 5) is 30.9. The molecule has 1 saturated carbocycles. The highest BCUT2D eigenvalue weighted by Gasteiger charge is 2.38.